The summed E-state index contributed by atoms with van der Waals surface area (Å²) in [6.07, 6.45) is 8.78. The summed E-state index contributed by atoms with van der Waals surface area (Å²) < 4.78 is 15.6. The molecule has 1 aromatic heterocycles. The maximum atomic E-state index is 14.0. The molecule has 18 heavy (non-hydrogen) atoms. The molecular formula is C13H14FN3O. The number of nitrogens with zero attached hydrogens (tertiary/aromatic N) is 3. The number of hydrogen-bond donors (Lipinski definition) is 0. The zero-order valence-electron chi connectivity index (χ0n) is 10.1. The van der Waals surface area contributed by atoms with Crippen molar-refractivity contribution in [3.05, 3.63) is 36.0 Å². The van der Waals surface area contributed by atoms with Crippen LogP contribution in [0.1, 0.15) is 48.4 Å². The van der Waals surface area contributed by atoms with Crippen LogP contribution in [0.25, 0.3) is 0 Å². The first-order chi connectivity index (χ1) is 8.64. The Hall–Kier alpha value is -1.78. The largest absolute Gasteiger partial charge is 0.294 e. The topological polar surface area (TPSA) is 47.8 Å². The lowest BCUT2D eigenvalue weighted by atomic mass is 9.76. The van der Waals surface area contributed by atoms with Crippen LogP contribution < -0.4 is 0 Å². The van der Waals surface area contributed by atoms with Crippen molar-refractivity contribution in [2.45, 2.75) is 32.0 Å². The summed E-state index contributed by atoms with van der Waals surface area (Å²) in [6, 6.07) is -0.0788. The van der Waals surface area contributed by atoms with E-state index < -0.39 is 6.17 Å². The van der Waals surface area contributed by atoms with Gasteiger partial charge in [-0.1, -0.05) is 31.2 Å². The van der Waals surface area contributed by atoms with Gasteiger partial charge in [0.25, 0.3) is 0 Å². The number of alkyl halides is 1. The second kappa shape index (κ2) is 3.86. The molecule has 0 N–H and O–H groups in total. The Morgan fingerprint density at radius 3 is 3.06 bits per heavy atom. The summed E-state index contributed by atoms with van der Waals surface area (Å²) >= 11 is 0. The summed E-state index contributed by atoms with van der Waals surface area (Å²) in [6.45, 7) is 2.09. The first kappa shape index (κ1) is 11.3. The lowest BCUT2D eigenvalue weighted by Gasteiger charge is -2.33. The van der Waals surface area contributed by atoms with Crippen LogP contribution in [-0.2, 0) is 0 Å². The molecule has 0 amide bonds. The summed E-state index contributed by atoms with van der Waals surface area (Å²) in [7, 11) is 0. The Morgan fingerprint density at radius 1 is 1.56 bits per heavy atom. The molecular weight excluding hydrogens is 233 g/mol. The first-order valence-electron chi connectivity index (χ1n) is 6.04. The fourth-order valence-corrected chi connectivity index (χ4v) is 2.79. The maximum Gasteiger partial charge on any atom is 0.214 e. The second-order valence-corrected chi connectivity index (χ2v) is 5.11. The molecule has 2 aliphatic rings. The van der Waals surface area contributed by atoms with E-state index in [-0.39, 0.29) is 23.1 Å². The van der Waals surface area contributed by atoms with E-state index in [2.05, 4.69) is 29.2 Å². The number of halogens is 1. The fourth-order valence-electron chi connectivity index (χ4n) is 2.79. The van der Waals surface area contributed by atoms with Gasteiger partial charge in [0.15, 0.2) is 18.3 Å². The minimum Gasteiger partial charge on any atom is -0.294 e. The summed E-state index contributed by atoms with van der Waals surface area (Å²) in [4.78, 5) is 14.6. The number of allylic oxidation sites excluding steroid dienone is 4. The van der Waals surface area contributed by atoms with Crippen molar-refractivity contribution in [2.75, 3.05) is 0 Å². The van der Waals surface area contributed by atoms with Crippen molar-refractivity contribution < 1.29 is 9.18 Å². The third-order valence-corrected chi connectivity index (χ3v) is 3.83. The Balaban J connectivity index is 2.01. The van der Waals surface area contributed by atoms with Gasteiger partial charge in [0.1, 0.15) is 0 Å². The van der Waals surface area contributed by atoms with E-state index in [0.29, 0.717) is 12.7 Å². The highest BCUT2D eigenvalue weighted by molar-refractivity contribution is 5.68. The molecule has 1 aromatic rings. The number of fused-ring (bicyclic) bond motifs is 1. The Labute approximate surface area is 104 Å². The van der Waals surface area contributed by atoms with Crippen molar-refractivity contribution in [3.8, 4) is 0 Å². The molecule has 1 aliphatic carbocycles. The van der Waals surface area contributed by atoms with Gasteiger partial charge in [-0.25, -0.2) is 14.1 Å². The van der Waals surface area contributed by atoms with E-state index in [9.17, 15) is 9.18 Å². The lowest BCUT2D eigenvalue weighted by molar-refractivity contribution is 0.111. The molecule has 5 heteroatoms. The van der Waals surface area contributed by atoms with Gasteiger partial charge in [-0.3, -0.25) is 4.79 Å². The summed E-state index contributed by atoms with van der Waals surface area (Å²) in [5.74, 6) is 0.350. The van der Waals surface area contributed by atoms with Crippen LogP contribution in [0.5, 0.6) is 0 Å². The molecule has 0 bridgehead atoms. The molecule has 0 spiro atoms. The molecule has 0 saturated heterocycles. The number of aromatic nitrogens is 3. The molecule has 0 saturated carbocycles. The zero-order chi connectivity index (χ0) is 12.8. The van der Waals surface area contributed by atoms with Crippen LogP contribution >= 0.6 is 0 Å². The van der Waals surface area contributed by atoms with Gasteiger partial charge < -0.3 is 0 Å². The van der Waals surface area contributed by atoms with Crippen LogP contribution in [0.15, 0.2) is 24.3 Å². The average Bonchev–Trinajstić information content (AvgIpc) is 2.91. The molecule has 3 rings (SSSR count). The van der Waals surface area contributed by atoms with E-state index >= 15 is 0 Å². The standard InChI is InChI=1S/C13H14FN3O/c1-13(5-3-2-4-6-13)10-7-9(14)12-15-11(8-18)16-17(10)12/h2-5,8-10H,6-7H2,1H3/t9-,10-,13?/m0/s1. The van der Waals surface area contributed by atoms with Crippen LogP contribution in [0, 0.1) is 5.41 Å². The number of carbonyl (C=O) groups excluding carboxylic acids is 1. The fraction of sp³-hybridized carbons (Fsp3) is 0.462. The van der Waals surface area contributed by atoms with E-state index in [4.69, 9.17) is 0 Å². The van der Waals surface area contributed by atoms with Crippen LogP contribution in [0.4, 0.5) is 4.39 Å². The summed E-state index contributed by atoms with van der Waals surface area (Å²) in [5, 5.41) is 4.10. The Morgan fingerprint density at radius 2 is 2.39 bits per heavy atom. The van der Waals surface area contributed by atoms with Crippen LogP contribution in [0.3, 0.4) is 0 Å². The smallest absolute Gasteiger partial charge is 0.214 e. The Bertz CT molecular complexity index is 548. The van der Waals surface area contributed by atoms with Crippen molar-refractivity contribution in [3.63, 3.8) is 0 Å². The van der Waals surface area contributed by atoms with Gasteiger partial charge in [-0.05, 0) is 6.42 Å². The molecule has 0 aromatic carbocycles. The van der Waals surface area contributed by atoms with E-state index in [1.165, 1.54) is 0 Å². The van der Waals surface area contributed by atoms with Gasteiger partial charge in [0, 0.05) is 11.8 Å². The monoisotopic (exact) mass is 247 g/mol. The van der Waals surface area contributed by atoms with Crippen molar-refractivity contribution >= 4 is 6.29 Å². The van der Waals surface area contributed by atoms with Crippen LogP contribution in [-0.4, -0.2) is 21.1 Å². The number of aldehydes is 1. The van der Waals surface area contributed by atoms with Gasteiger partial charge in [0.05, 0.1) is 6.04 Å². The van der Waals surface area contributed by atoms with Gasteiger partial charge >= 0.3 is 0 Å². The van der Waals surface area contributed by atoms with Crippen molar-refractivity contribution in [1.82, 2.24) is 14.8 Å². The molecule has 0 radical (unpaired) electrons. The number of carbonyl (C=O) groups is 1. The van der Waals surface area contributed by atoms with Crippen molar-refractivity contribution in [1.29, 1.82) is 0 Å². The highest BCUT2D eigenvalue weighted by Crippen LogP contribution is 2.48. The number of rotatable bonds is 2. The van der Waals surface area contributed by atoms with E-state index in [0.717, 1.165) is 6.42 Å². The molecule has 1 unspecified atom stereocenters. The highest BCUT2D eigenvalue weighted by Gasteiger charge is 2.43. The molecule has 2 heterocycles. The first-order valence-corrected chi connectivity index (χ1v) is 6.04. The second-order valence-electron chi connectivity index (χ2n) is 5.11. The Kier molecular flexibility index (Phi) is 2.43. The predicted molar refractivity (Wildman–Crippen MR) is 63.9 cm³/mol. The van der Waals surface area contributed by atoms with Gasteiger partial charge in [-0.2, -0.15) is 0 Å². The highest BCUT2D eigenvalue weighted by atomic mass is 19.1. The third-order valence-electron chi connectivity index (χ3n) is 3.83. The van der Waals surface area contributed by atoms with E-state index in [1.807, 2.05) is 12.2 Å². The SMILES string of the molecule is CC1([C@@H]2C[C@H](F)c3nc(C=O)nn32)C=CC=CC1. The quantitative estimate of drug-likeness (QED) is 0.754. The number of hydrogen-bond acceptors (Lipinski definition) is 3. The van der Waals surface area contributed by atoms with Gasteiger partial charge in [0.2, 0.25) is 5.82 Å². The molecule has 0 fully saturated rings. The van der Waals surface area contributed by atoms with Crippen LogP contribution in [0.2, 0.25) is 0 Å². The summed E-state index contributed by atoms with van der Waals surface area (Å²) in [5.41, 5.74) is -0.168. The van der Waals surface area contributed by atoms with E-state index in [1.54, 1.807) is 4.68 Å². The average molecular weight is 247 g/mol. The lowest BCUT2D eigenvalue weighted by Crippen LogP contribution is -2.27. The zero-order valence-corrected chi connectivity index (χ0v) is 10.1. The van der Waals surface area contributed by atoms with Crippen molar-refractivity contribution in [2.24, 2.45) is 5.41 Å². The minimum atomic E-state index is -1.13. The predicted octanol–water partition coefficient (Wildman–Crippen LogP) is 2.57. The molecule has 94 valence electrons. The molecule has 3 atom stereocenters. The molecule has 1 aliphatic heterocycles. The normalized spacial score (nSPS) is 33.7. The minimum absolute atomic E-state index is 0.0660. The van der Waals surface area contributed by atoms with Gasteiger partial charge in [-0.15, -0.1) is 5.10 Å². The third kappa shape index (κ3) is 1.54. The molecule has 4 nitrogen and oxygen atoms in total. The maximum absolute atomic E-state index is 14.0.